The standard InChI is InChI=1S/C13H26N2O/c1-5-6-7-8-13(16)15-10-11(2)14(4)9-12(15)3/h11-12H,5-10H2,1-4H3/t11-,12+/m1/s1. The van der Waals surface area contributed by atoms with Crippen molar-refractivity contribution in [2.75, 3.05) is 20.1 Å². The average molecular weight is 226 g/mol. The summed E-state index contributed by atoms with van der Waals surface area (Å²) in [5, 5.41) is 0. The zero-order chi connectivity index (χ0) is 12.1. The Bertz CT molecular complexity index is 230. The Morgan fingerprint density at radius 3 is 2.50 bits per heavy atom. The summed E-state index contributed by atoms with van der Waals surface area (Å²) in [6.07, 6.45) is 4.13. The number of piperazine rings is 1. The molecular formula is C13H26N2O. The Morgan fingerprint density at radius 1 is 1.19 bits per heavy atom. The van der Waals surface area contributed by atoms with E-state index in [1.807, 2.05) is 0 Å². The first kappa shape index (κ1) is 13.5. The fourth-order valence-electron chi connectivity index (χ4n) is 2.32. The summed E-state index contributed by atoms with van der Waals surface area (Å²) in [5.74, 6) is 0.348. The number of carbonyl (C=O) groups is 1. The molecule has 1 fully saturated rings. The molecule has 1 aliphatic rings. The van der Waals surface area contributed by atoms with Crippen molar-refractivity contribution in [1.29, 1.82) is 0 Å². The van der Waals surface area contributed by atoms with Crippen molar-refractivity contribution < 1.29 is 4.79 Å². The molecule has 1 rings (SSSR count). The van der Waals surface area contributed by atoms with Gasteiger partial charge in [-0.2, -0.15) is 0 Å². The van der Waals surface area contributed by atoms with Gasteiger partial charge in [0.15, 0.2) is 0 Å². The molecule has 0 unspecified atom stereocenters. The first-order chi connectivity index (χ1) is 7.56. The first-order valence-electron chi connectivity index (χ1n) is 6.56. The summed E-state index contributed by atoms with van der Waals surface area (Å²) in [6, 6.07) is 0.863. The molecule has 0 aromatic rings. The average Bonchev–Trinajstić information content (AvgIpc) is 2.23. The number of nitrogens with zero attached hydrogens (tertiary/aromatic N) is 2. The summed E-state index contributed by atoms with van der Waals surface area (Å²) in [5.41, 5.74) is 0. The van der Waals surface area contributed by atoms with Crippen LogP contribution < -0.4 is 0 Å². The zero-order valence-electron chi connectivity index (χ0n) is 11.2. The summed E-state index contributed by atoms with van der Waals surface area (Å²) >= 11 is 0. The van der Waals surface area contributed by atoms with Gasteiger partial charge in [-0.15, -0.1) is 0 Å². The molecule has 0 aliphatic carbocycles. The fraction of sp³-hybridized carbons (Fsp3) is 0.923. The van der Waals surface area contributed by atoms with Crippen LogP contribution in [0, 0.1) is 0 Å². The third kappa shape index (κ3) is 3.48. The van der Waals surface area contributed by atoms with Gasteiger partial charge in [-0.3, -0.25) is 9.69 Å². The van der Waals surface area contributed by atoms with E-state index in [-0.39, 0.29) is 0 Å². The maximum absolute atomic E-state index is 12.0. The van der Waals surface area contributed by atoms with Crippen LogP contribution in [0.4, 0.5) is 0 Å². The smallest absolute Gasteiger partial charge is 0.222 e. The van der Waals surface area contributed by atoms with Gasteiger partial charge < -0.3 is 4.90 Å². The van der Waals surface area contributed by atoms with Crippen molar-refractivity contribution in [1.82, 2.24) is 9.80 Å². The lowest BCUT2D eigenvalue weighted by atomic mass is 10.1. The van der Waals surface area contributed by atoms with E-state index < -0.39 is 0 Å². The highest BCUT2D eigenvalue weighted by molar-refractivity contribution is 5.76. The SMILES string of the molecule is CCCCCC(=O)N1C[C@@H](C)N(C)C[C@@H]1C. The van der Waals surface area contributed by atoms with Crippen LogP contribution in [-0.2, 0) is 4.79 Å². The van der Waals surface area contributed by atoms with Crippen molar-refractivity contribution in [2.24, 2.45) is 0 Å². The van der Waals surface area contributed by atoms with Crippen molar-refractivity contribution in [3.05, 3.63) is 0 Å². The van der Waals surface area contributed by atoms with Crippen molar-refractivity contribution >= 4 is 5.91 Å². The molecule has 1 amide bonds. The van der Waals surface area contributed by atoms with Gasteiger partial charge in [-0.05, 0) is 27.3 Å². The molecule has 0 saturated carbocycles. The zero-order valence-corrected chi connectivity index (χ0v) is 11.2. The van der Waals surface area contributed by atoms with Gasteiger partial charge in [-0.1, -0.05) is 19.8 Å². The Balaban J connectivity index is 2.42. The van der Waals surface area contributed by atoms with E-state index in [0.717, 1.165) is 25.9 Å². The Morgan fingerprint density at radius 2 is 1.88 bits per heavy atom. The van der Waals surface area contributed by atoms with E-state index in [1.54, 1.807) is 0 Å². The van der Waals surface area contributed by atoms with E-state index in [4.69, 9.17) is 0 Å². The third-order valence-electron chi connectivity index (χ3n) is 3.61. The van der Waals surface area contributed by atoms with Gasteiger partial charge in [-0.25, -0.2) is 0 Å². The first-order valence-corrected chi connectivity index (χ1v) is 6.56. The lowest BCUT2D eigenvalue weighted by molar-refractivity contribution is -0.136. The van der Waals surface area contributed by atoms with E-state index in [1.165, 1.54) is 12.8 Å². The largest absolute Gasteiger partial charge is 0.337 e. The maximum atomic E-state index is 12.0. The molecule has 0 N–H and O–H groups in total. The topological polar surface area (TPSA) is 23.6 Å². The second-order valence-corrected chi connectivity index (χ2v) is 5.14. The normalized spacial score (nSPS) is 27.1. The van der Waals surface area contributed by atoms with Crippen LogP contribution in [0.25, 0.3) is 0 Å². The van der Waals surface area contributed by atoms with Gasteiger partial charge in [0, 0.05) is 31.6 Å². The van der Waals surface area contributed by atoms with Gasteiger partial charge >= 0.3 is 0 Å². The van der Waals surface area contributed by atoms with E-state index >= 15 is 0 Å². The van der Waals surface area contributed by atoms with E-state index in [0.29, 0.717) is 18.0 Å². The van der Waals surface area contributed by atoms with Crippen LogP contribution in [0.5, 0.6) is 0 Å². The number of carbonyl (C=O) groups excluding carboxylic acids is 1. The summed E-state index contributed by atoms with van der Waals surface area (Å²) in [6.45, 7) is 8.41. The van der Waals surface area contributed by atoms with Crippen LogP contribution in [0.3, 0.4) is 0 Å². The molecule has 3 heteroatoms. The van der Waals surface area contributed by atoms with Gasteiger partial charge in [0.2, 0.25) is 5.91 Å². The minimum absolute atomic E-state index is 0.348. The number of hydrogen-bond acceptors (Lipinski definition) is 2. The van der Waals surface area contributed by atoms with Crippen LogP contribution in [0.1, 0.15) is 46.5 Å². The molecule has 0 aromatic carbocycles. The number of hydrogen-bond donors (Lipinski definition) is 0. The minimum atomic E-state index is 0.348. The molecular weight excluding hydrogens is 200 g/mol. The maximum Gasteiger partial charge on any atom is 0.222 e. The highest BCUT2D eigenvalue weighted by Crippen LogP contribution is 2.15. The predicted octanol–water partition coefficient (Wildman–Crippen LogP) is 2.12. The molecule has 1 saturated heterocycles. The highest BCUT2D eigenvalue weighted by atomic mass is 16.2. The number of unbranched alkanes of at least 4 members (excludes halogenated alkanes) is 2. The molecule has 16 heavy (non-hydrogen) atoms. The van der Waals surface area contributed by atoms with E-state index in [2.05, 4.69) is 37.6 Å². The molecule has 0 aromatic heterocycles. The molecule has 1 aliphatic heterocycles. The second kappa shape index (κ2) is 6.24. The van der Waals surface area contributed by atoms with Crippen molar-refractivity contribution in [2.45, 2.75) is 58.5 Å². The Kier molecular flexibility index (Phi) is 5.26. The molecule has 3 nitrogen and oxygen atoms in total. The third-order valence-corrected chi connectivity index (χ3v) is 3.61. The molecule has 0 radical (unpaired) electrons. The molecule has 0 bridgehead atoms. The summed E-state index contributed by atoms with van der Waals surface area (Å²) in [7, 11) is 2.14. The highest BCUT2D eigenvalue weighted by Gasteiger charge is 2.29. The Hall–Kier alpha value is -0.570. The predicted molar refractivity (Wildman–Crippen MR) is 67.4 cm³/mol. The van der Waals surface area contributed by atoms with Gasteiger partial charge in [0.25, 0.3) is 0 Å². The molecule has 94 valence electrons. The van der Waals surface area contributed by atoms with Crippen LogP contribution >= 0.6 is 0 Å². The quantitative estimate of drug-likeness (QED) is 0.686. The lowest BCUT2D eigenvalue weighted by Crippen LogP contribution is -2.56. The molecule has 0 spiro atoms. The fourth-order valence-corrected chi connectivity index (χ4v) is 2.32. The van der Waals surface area contributed by atoms with Crippen LogP contribution in [0.2, 0.25) is 0 Å². The molecule has 1 heterocycles. The van der Waals surface area contributed by atoms with Gasteiger partial charge in [0.1, 0.15) is 0 Å². The van der Waals surface area contributed by atoms with E-state index in [9.17, 15) is 4.79 Å². The van der Waals surface area contributed by atoms with Crippen molar-refractivity contribution in [3.63, 3.8) is 0 Å². The minimum Gasteiger partial charge on any atom is -0.337 e. The summed E-state index contributed by atoms with van der Waals surface area (Å²) in [4.78, 5) is 16.4. The second-order valence-electron chi connectivity index (χ2n) is 5.14. The monoisotopic (exact) mass is 226 g/mol. The number of amides is 1. The lowest BCUT2D eigenvalue weighted by Gasteiger charge is -2.42. The number of rotatable bonds is 4. The molecule has 2 atom stereocenters. The number of likely N-dealkylation sites (N-methyl/N-ethyl adjacent to an activating group) is 1. The van der Waals surface area contributed by atoms with Gasteiger partial charge in [0.05, 0.1) is 0 Å². The Labute approximate surface area is 99.8 Å². The van der Waals surface area contributed by atoms with Crippen LogP contribution in [-0.4, -0.2) is 47.9 Å². The summed E-state index contributed by atoms with van der Waals surface area (Å²) < 4.78 is 0. The van der Waals surface area contributed by atoms with Crippen LogP contribution in [0.15, 0.2) is 0 Å². The van der Waals surface area contributed by atoms with Crippen molar-refractivity contribution in [3.8, 4) is 0 Å².